The molecule has 0 saturated heterocycles. The van der Waals surface area contributed by atoms with Gasteiger partial charge in [-0.3, -0.25) is 4.79 Å². The van der Waals surface area contributed by atoms with Crippen molar-refractivity contribution in [2.45, 2.75) is 6.92 Å². The SMILES string of the molecule is CC(=O)c1csc(-c2cccc3ccccc23)n1. The van der Waals surface area contributed by atoms with Gasteiger partial charge in [0.2, 0.25) is 0 Å². The van der Waals surface area contributed by atoms with Crippen LogP contribution in [0.2, 0.25) is 0 Å². The van der Waals surface area contributed by atoms with E-state index in [9.17, 15) is 4.79 Å². The fourth-order valence-electron chi connectivity index (χ4n) is 1.97. The molecule has 0 aliphatic heterocycles. The van der Waals surface area contributed by atoms with Crippen LogP contribution in [0.15, 0.2) is 47.8 Å². The van der Waals surface area contributed by atoms with Gasteiger partial charge in [0.15, 0.2) is 5.78 Å². The second-order valence-electron chi connectivity index (χ2n) is 4.12. The van der Waals surface area contributed by atoms with E-state index >= 15 is 0 Å². The van der Waals surface area contributed by atoms with E-state index in [1.807, 2.05) is 29.6 Å². The molecule has 0 bridgehead atoms. The van der Waals surface area contributed by atoms with Crippen molar-refractivity contribution in [2.75, 3.05) is 0 Å². The van der Waals surface area contributed by atoms with Crippen LogP contribution in [0, 0.1) is 0 Å². The Kier molecular flexibility index (Phi) is 2.68. The molecule has 1 heterocycles. The average molecular weight is 253 g/mol. The van der Waals surface area contributed by atoms with Gasteiger partial charge in [0.25, 0.3) is 0 Å². The third kappa shape index (κ3) is 1.83. The lowest BCUT2D eigenvalue weighted by Crippen LogP contribution is -1.91. The first kappa shape index (κ1) is 11.1. The largest absolute Gasteiger partial charge is 0.293 e. The molecule has 2 aromatic carbocycles. The van der Waals surface area contributed by atoms with Crippen LogP contribution in [-0.2, 0) is 0 Å². The van der Waals surface area contributed by atoms with Crippen molar-refractivity contribution < 1.29 is 4.79 Å². The first-order chi connectivity index (χ1) is 8.75. The number of carbonyl (C=O) groups excluding carboxylic acids is 1. The minimum absolute atomic E-state index is 0.0118. The highest BCUT2D eigenvalue weighted by molar-refractivity contribution is 7.13. The molecule has 3 heteroatoms. The molecule has 0 spiro atoms. The standard InChI is InChI=1S/C15H11NOS/c1-10(17)14-9-18-15(16-14)13-8-4-6-11-5-2-3-7-12(11)13/h2-9H,1H3. The minimum Gasteiger partial charge on any atom is -0.293 e. The summed E-state index contributed by atoms with van der Waals surface area (Å²) in [6.07, 6.45) is 0. The minimum atomic E-state index is 0.0118. The maximum atomic E-state index is 11.3. The molecule has 88 valence electrons. The lowest BCUT2D eigenvalue weighted by atomic mass is 10.1. The van der Waals surface area contributed by atoms with E-state index in [0.717, 1.165) is 10.6 Å². The molecular formula is C15H11NOS. The van der Waals surface area contributed by atoms with Crippen LogP contribution in [0.5, 0.6) is 0 Å². The Morgan fingerprint density at radius 2 is 1.89 bits per heavy atom. The Morgan fingerprint density at radius 3 is 2.67 bits per heavy atom. The second kappa shape index (κ2) is 4.35. The molecule has 0 saturated carbocycles. The second-order valence-corrected chi connectivity index (χ2v) is 4.98. The molecule has 1 aromatic heterocycles. The van der Waals surface area contributed by atoms with E-state index in [1.54, 1.807) is 6.92 Å². The highest BCUT2D eigenvalue weighted by Crippen LogP contribution is 2.30. The maximum absolute atomic E-state index is 11.3. The summed E-state index contributed by atoms with van der Waals surface area (Å²) in [6.45, 7) is 1.54. The van der Waals surface area contributed by atoms with E-state index in [2.05, 4.69) is 23.2 Å². The zero-order valence-corrected chi connectivity index (χ0v) is 10.7. The van der Waals surface area contributed by atoms with Crippen molar-refractivity contribution in [1.82, 2.24) is 4.98 Å². The number of carbonyl (C=O) groups is 1. The van der Waals surface area contributed by atoms with Gasteiger partial charge in [-0.05, 0) is 10.8 Å². The van der Waals surface area contributed by atoms with Crippen LogP contribution in [0.3, 0.4) is 0 Å². The number of thiazole rings is 1. The summed E-state index contributed by atoms with van der Waals surface area (Å²) in [6, 6.07) is 14.4. The Hall–Kier alpha value is -2.00. The average Bonchev–Trinajstić information content (AvgIpc) is 2.87. The normalized spacial score (nSPS) is 10.7. The Morgan fingerprint density at radius 1 is 1.11 bits per heavy atom. The van der Waals surface area contributed by atoms with Crippen molar-refractivity contribution in [1.29, 1.82) is 0 Å². The quantitative estimate of drug-likeness (QED) is 0.642. The number of hydrogen-bond donors (Lipinski definition) is 0. The maximum Gasteiger partial charge on any atom is 0.178 e. The first-order valence-electron chi connectivity index (χ1n) is 5.70. The molecular weight excluding hydrogens is 242 g/mol. The Balaban J connectivity index is 2.21. The number of hydrogen-bond acceptors (Lipinski definition) is 3. The van der Waals surface area contributed by atoms with Crippen LogP contribution in [-0.4, -0.2) is 10.8 Å². The van der Waals surface area contributed by atoms with Gasteiger partial charge in [-0.2, -0.15) is 0 Å². The lowest BCUT2D eigenvalue weighted by Gasteiger charge is -2.02. The third-order valence-electron chi connectivity index (χ3n) is 2.88. The monoisotopic (exact) mass is 253 g/mol. The number of fused-ring (bicyclic) bond motifs is 1. The van der Waals surface area contributed by atoms with Gasteiger partial charge >= 0.3 is 0 Å². The van der Waals surface area contributed by atoms with Crippen molar-refractivity contribution in [2.24, 2.45) is 0 Å². The molecule has 0 aliphatic carbocycles. The molecule has 0 unspecified atom stereocenters. The molecule has 0 amide bonds. The topological polar surface area (TPSA) is 30.0 Å². The molecule has 3 rings (SSSR count). The fourth-order valence-corrected chi connectivity index (χ4v) is 2.87. The molecule has 0 radical (unpaired) electrons. The van der Waals surface area contributed by atoms with Gasteiger partial charge in [-0.1, -0.05) is 42.5 Å². The summed E-state index contributed by atoms with van der Waals surface area (Å²) < 4.78 is 0. The van der Waals surface area contributed by atoms with Crippen LogP contribution in [0.25, 0.3) is 21.3 Å². The predicted molar refractivity (Wildman–Crippen MR) is 75.1 cm³/mol. The number of benzene rings is 2. The van der Waals surface area contributed by atoms with Gasteiger partial charge in [0.05, 0.1) is 0 Å². The predicted octanol–water partition coefficient (Wildman–Crippen LogP) is 4.17. The summed E-state index contributed by atoms with van der Waals surface area (Å²) in [5.74, 6) is 0.0118. The lowest BCUT2D eigenvalue weighted by molar-refractivity contribution is 0.101. The summed E-state index contributed by atoms with van der Waals surface area (Å²) in [7, 11) is 0. The number of Topliss-reactive ketones (excluding diaryl/α,β-unsaturated/α-hetero) is 1. The number of ketones is 1. The van der Waals surface area contributed by atoms with Crippen LogP contribution in [0.1, 0.15) is 17.4 Å². The highest BCUT2D eigenvalue weighted by atomic mass is 32.1. The molecule has 0 fully saturated rings. The number of rotatable bonds is 2. The van der Waals surface area contributed by atoms with Crippen molar-refractivity contribution in [3.8, 4) is 10.6 Å². The van der Waals surface area contributed by atoms with Gasteiger partial charge in [0.1, 0.15) is 10.7 Å². The van der Waals surface area contributed by atoms with Gasteiger partial charge < -0.3 is 0 Å². The van der Waals surface area contributed by atoms with E-state index in [0.29, 0.717) is 5.69 Å². The van der Waals surface area contributed by atoms with Crippen molar-refractivity contribution in [3.05, 3.63) is 53.5 Å². The van der Waals surface area contributed by atoms with E-state index < -0.39 is 0 Å². The Bertz CT molecular complexity index is 725. The first-order valence-corrected chi connectivity index (χ1v) is 6.58. The molecule has 0 atom stereocenters. The smallest absolute Gasteiger partial charge is 0.178 e. The van der Waals surface area contributed by atoms with E-state index in [1.165, 1.54) is 22.1 Å². The molecule has 3 aromatic rings. The summed E-state index contributed by atoms with van der Waals surface area (Å²) >= 11 is 1.51. The third-order valence-corrected chi connectivity index (χ3v) is 3.76. The van der Waals surface area contributed by atoms with Gasteiger partial charge in [-0.25, -0.2) is 4.98 Å². The van der Waals surface area contributed by atoms with Crippen molar-refractivity contribution >= 4 is 27.9 Å². The van der Waals surface area contributed by atoms with Crippen LogP contribution >= 0.6 is 11.3 Å². The van der Waals surface area contributed by atoms with Gasteiger partial charge in [-0.15, -0.1) is 11.3 Å². The van der Waals surface area contributed by atoms with Crippen molar-refractivity contribution in [3.63, 3.8) is 0 Å². The molecule has 0 N–H and O–H groups in total. The van der Waals surface area contributed by atoms with Gasteiger partial charge in [0, 0.05) is 17.9 Å². The summed E-state index contributed by atoms with van der Waals surface area (Å²) in [4.78, 5) is 15.7. The summed E-state index contributed by atoms with van der Waals surface area (Å²) in [5.41, 5.74) is 1.63. The fraction of sp³-hybridized carbons (Fsp3) is 0.0667. The van der Waals surface area contributed by atoms with Crippen LogP contribution < -0.4 is 0 Å². The molecule has 0 aliphatic rings. The number of nitrogens with zero attached hydrogens (tertiary/aromatic N) is 1. The zero-order chi connectivity index (χ0) is 12.5. The highest BCUT2D eigenvalue weighted by Gasteiger charge is 2.10. The summed E-state index contributed by atoms with van der Waals surface area (Å²) in [5, 5.41) is 5.08. The molecule has 2 nitrogen and oxygen atoms in total. The molecule has 18 heavy (non-hydrogen) atoms. The van der Waals surface area contributed by atoms with E-state index in [-0.39, 0.29) is 5.78 Å². The van der Waals surface area contributed by atoms with Crippen LogP contribution in [0.4, 0.5) is 0 Å². The number of aromatic nitrogens is 1. The van der Waals surface area contributed by atoms with E-state index in [4.69, 9.17) is 0 Å². The zero-order valence-electron chi connectivity index (χ0n) is 9.88. The Labute approximate surface area is 109 Å².